The van der Waals surface area contributed by atoms with Crippen LogP contribution in [-0.4, -0.2) is 62.6 Å². The summed E-state index contributed by atoms with van der Waals surface area (Å²) in [7, 11) is 0. The number of piperidine rings is 1. The molecule has 0 spiro atoms. The fourth-order valence-electron chi connectivity index (χ4n) is 2.93. The van der Waals surface area contributed by atoms with E-state index in [1.807, 2.05) is 6.92 Å². The minimum atomic E-state index is -1.00. The number of amides is 3. The highest BCUT2D eigenvalue weighted by Gasteiger charge is 2.44. The summed E-state index contributed by atoms with van der Waals surface area (Å²) in [6, 6.07) is -1.82. The number of carbonyl (C=O) groups is 3. The summed E-state index contributed by atoms with van der Waals surface area (Å²) in [4.78, 5) is 38.5. The lowest BCUT2D eigenvalue weighted by Gasteiger charge is -2.38. The Morgan fingerprint density at radius 3 is 2.57 bits per heavy atom. The predicted octanol–water partition coefficient (Wildman–Crippen LogP) is 0.684. The molecule has 0 aromatic rings. The van der Waals surface area contributed by atoms with Crippen molar-refractivity contribution < 1.29 is 19.5 Å². The summed E-state index contributed by atoms with van der Waals surface area (Å²) in [5.74, 6) is -1.14. The number of primary amides is 1. The third-order valence-corrected chi connectivity index (χ3v) is 5.48. The first kappa shape index (κ1) is 15.9. The average molecular weight is 315 g/mol. The Morgan fingerprint density at radius 1 is 1.29 bits per heavy atom. The zero-order valence-corrected chi connectivity index (χ0v) is 12.8. The van der Waals surface area contributed by atoms with Crippen LogP contribution in [0.4, 0.5) is 4.79 Å². The molecule has 118 valence electrons. The molecule has 3 amide bonds. The monoisotopic (exact) mass is 315 g/mol. The summed E-state index contributed by atoms with van der Waals surface area (Å²) >= 11 is 1.47. The van der Waals surface area contributed by atoms with Crippen molar-refractivity contribution in [1.82, 2.24) is 9.80 Å². The molecule has 7 nitrogen and oxygen atoms in total. The second kappa shape index (κ2) is 6.55. The van der Waals surface area contributed by atoms with E-state index in [-0.39, 0.29) is 11.4 Å². The van der Waals surface area contributed by atoms with E-state index >= 15 is 0 Å². The normalized spacial score (nSPS) is 29.5. The lowest BCUT2D eigenvalue weighted by atomic mass is 10.0. The van der Waals surface area contributed by atoms with Crippen LogP contribution < -0.4 is 5.73 Å². The Bertz CT molecular complexity index is 445. The van der Waals surface area contributed by atoms with E-state index in [1.54, 1.807) is 0 Å². The van der Waals surface area contributed by atoms with Crippen LogP contribution in [0.1, 0.15) is 32.6 Å². The van der Waals surface area contributed by atoms with Gasteiger partial charge in [-0.15, -0.1) is 11.8 Å². The molecule has 2 heterocycles. The SMILES string of the molecule is CCC1SCC(C(=O)O)N1C(=O)N1CCCCC1C(N)=O. The van der Waals surface area contributed by atoms with Gasteiger partial charge in [-0.25, -0.2) is 9.59 Å². The highest BCUT2D eigenvalue weighted by molar-refractivity contribution is 8.00. The van der Waals surface area contributed by atoms with Crippen molar-refractivity contribution in [2.75, 3.05) is 12.3 Å². The van der Waals surface area contributed by atoms with E-state index in [1.165, 1.54) is 21.6 Å². The highest BCUT2D eigenvalue weighted by Crippen LogP contribution is 2.33. The van der Waals surface area contributed by atoms with Gasteiger partial charge in [0.2, 0.25) is 5.91 Å². The zero-order valence-electron chi connectivity index (χ0n) is 12.0. The molecule has 2 aliphatic rings. The lowest BCUT2D eigenvalue weighted by molar-refractivity contribution is -0.141. The summed E-state index contributed by atoms with van der Waals surface area (Å²) < 4.78 is 0. The number of nitrogens with two attached hydrogens (primary N) is 1. The Labute approximate surface area is 127 Å². The van der Waals surface area contributed by atoms with Crippen molar-refractivity contribution in [3.8, 4) is 0 Å². The van der Waals surface area contributed by atoms with Crippen LogP contribution in [0, 0.1) is 0 Å². The number of likely N-dealkylation sites (tertiary alicyclic amines) is 1. The quantitative estimate of drug-likeness (QED) is 0.797. The molecule has 2 saturated heterocycles. The summed E-state index contributed by atoms with van der Waals surface area (Å²) in [6.45, 7) is 2.38. The Balaban J connectivity index is 2.22. The first-order valence-electron chi connectivity index (χ1n) is 7.20. The van der Waals surface area contributed by atoms with Gasteiger partial charge >= 0.3 is 12.0 Å². The van der Waals surface area contributed by atoms with Gasteiger partial charge in [-0.1, -0.05) is 6.92 Å². The van der Waals surface area contributed by atoms with Crippen LogP contribution in [0.2, 0.25) is 0 Å². The van der Waals surface area contributed by atoms with Crippen LogP contribution in [0.3, 0.4) is 0 Å². The number of urea groups is 1. The van der Waals surface area contributed by atoms with Crippen LogP contribution in [-0.2, 0) is 9.59 Å². The maximum absolute atomic E-state index is 12.8. The lowest BCUT2D eigenvalue weighted by Crippen LogP contribution is -2.58. The second-order valence-electron chi connectivity index (χ2n) is 5.35. The first-order chi connectivity index (χ1) is 9.97. The van der Waals surface area contributed by atoms with Crippen molar-refractivity contribution in [3.63, 3.8) is 0 Å². The molecule has 3 N–H and O–H groups in total. The van der Waals surface area contributed by atoms with Gasteiger partial charge in [0.25, 0.3) is 0 Å². The van der Waals surface area contributed by atoms with E-state index in [0.29, 0.717) is 25.1 Å². The molecule has 2 rings (SSSR count). The number of aliphatic carboxylic acids is 1. The highest BCUT2D eigenvalue weighted by atomic mass is 32.2. The van der Waals surface area contributed by atoms with Crippen LogP contribution in [0.25, 0.3) is 0 Å². The first-order valence-corrected chi connectivity index (χ1v) is 8.25. The van der Waals surface area contributed by atoms with Crippen molar-refractivity contribution in [2.45, 2.75) is 50.1 Å². The fraction of sp³-hybridized carbons (Fsp3) is 0.769. The Morgan fingerprint density at radius 2 is 2.00 bits per heavy atom. The molecule has 2 fully saturated rings. The molecule has 2 aliphatic heterocycles. The zero-order chi connectivity index (χ0) is 15.6. The van der Waals surface area contributed by atoms with Gasteiger partial charge in [0.15, 0.2) is 0 Å². The molecule has 0 saturated carbocycles. The number of carboxylic acids is 1. The van der Waals surface area contributed by atoms with E-state index in [4.69, 9.17) is 5.73 Å². The summed E-state index contributed by atoms with van der Waals surface area (Å²) in [5.41, 5.74) is 5.38. The van der Waals surface area contributed by atoms with Crippen LogP contribution >= 0.6 is 11.8 Å². The summed E-state index contributed by atoms with van der Waals surface area (Å²) in [5, 5.41) is 9.14. The third-order valence-electron chi connectivity index (χ3n) is 4.02. The molecule has 21 heavy (non-hydrogen) atoms. The molecular weight excluding hydrogens is 294 g/mol. The fourth-order valence-corrected chi connectivity index (χ4v) is 4.27. The van der Waals surface area contributed by atoms with Crippen molar-refractivity contribution >= 4 is 29.7 Å². The summed E-state index contributed by atoms with van der Waals surface area (Å²) in [6.07, 6.45) is 2.89. The van der Waals surface area contributed by atoms with Crippen LogP contribution in [0.5, 0.6) is 0 Å². The van der Waals surface area contributed by atoms with Gasteiger partial charge in [0, 0.05) is 12.3 Å². The number of hydrogen-bond acceptors (Lipinski definition) is 4. The van der Waals surface area contributed by atoms with Crippen molar-refractivity contribution in [1.29, 1.82) is 0 Å². The number of nitrogens with zero attached hydrogens (tertiary/aromatic N) is 2. The second-order valence-corrected chi connectivity index (χ2v) is 6.56. The molecule has 0 aromatic heterocycles. The number of carbonyl (C=O) groups excluding carboxylic acids is 2. The van der Waals surface area contributed by atoms with E-state index in [0.717, 1.165) is 12.8 Å². The molecular formula is C13H21N3O4S. The molecule has 3 unspecified atom stereocenters. The molecule has 8 heteroatoms. The number of carboxylic acid groups (broad SMARTS) is 1. The van der Waals surface area contributed by atoms with Gasteiger partial charge in [-0.2, -0.15) is 0 Å². The van der Waals surface area contributed by atoms with Crippen LogP contribution in [0.15, 0.2) is 0 Å². The van der Waals surface area contributed by atoms with E-state index < -0.39 is 24.0 Å². The largest absolute Gasteiger partial charge is 0.480 e. The topological polar surface area (TPSA) is 104 Å². The Kier molecular flexibility index (Phi) is 4.97. The number of rotatable bonds is 3. The smallest absolute Gasteiger partial charge is 0.327 e. The molecule has 3 atom stereocenters. The van der Waals surface area contributed by atoms with Gasteiger partial charge < -0.3 is 15.7 Å². The number of hydrogen-bond donors (Lipinski definition) is 2. The van der Waals surface area contributed by atoms with Crippen molar-refractivity contribution in [3.05, 3.63) is 0 Å². The molecule has 0 aromatic carbocycles. The third kappa shape index (κ3) is 3.09. The van der Waals surface area contributed by atoms with E-state index in [9.17, 15) is 19.5 Å². The van der Waals surface area contributed by atoms with Gasteiger partial charge in [0.1, 0.15) is 12.1 Å². The molecule has 0 radical (unpaired) electrons. The number of thioether (sulfide) groups is 1. The Hall–Kier alpha value is -1.44. The minimum Gasteiger partial charge on any atom is -0.480 e. The van der Waals surface area contributed by atoms with Gasteiger partial charge in [0.05, 0.1) is 5.37 Å². The maximum atomic E-state index is 12.8. The average Bonchev–Trinajstić information content (AvgIpc) is 2.90. The van der Waals surface area contributed by atoms with Gasteiger partial charge in [-0.3, -0.25) is 9.69 Å². The standard InChI is InChI=1S/C13H21N3O4S/c1-2-10-16(9(7-21-10)12(18)19)13(20)15-6-4-3-5-8(15)11(14)17/h8-10H,2-7H2,1H3,(H2,14,17)(H,18,19). The van der Waals surface area contributed by atoms with Crippen molar-refractivity contribution in [2.24, 2.45) is 5.73 Å². The molecule has 0 aliphatic carbocycles. The minimum absolute atomic E-state index is 0.158. The predicted molar refractivity (Wildman–Crippen MR) is 78.7 cm³/mol. The van der Waals surface area contributed by atoms with E-state index in [2.05, 4.69) is 0 Å². The van der Waals surface area contributed by atoms with Gasteiger partial charge in [-0.05, 0) is 25.7 Å². The molecule has 0 bridgehead atoms. The maximum Gasteiger partial charge on any atom is 0.327 e.